The van der Waals surface area contributed by atoms with E-state index in [9.17, 15) is 4.79 Å². The van der Waals surface area contributed by atoms with Crippen molar-refractivity contribution in [3.8, 4) is 0 Å². The minimum absolute atomic E-state index is 0.167. The van der Waals surface area contributed by atoms with Crippen LogP contribution in [-0.4, -0.2) is 49.2 Å². The van der Waals surface area contributed by atoms with Crippen LogP contribution in [-0.2, 0) is 4.79 Å². The lowest BCUT2D eigenvalue weighted by Gasteiger charge is -2.15. The second-order valence-electron chi connectivity index (χ2n) is 7.37. The Kier molecular flexibility index (Phi) is 19.2. The first-order chi connectivity index (χ1) is 12.2. The van der Waals surface area contributed by atoms with E-state index in [1.807, 2.05) is 11.9 Å². The van der Waals surface area contributed by atoms with E-state index in [4.69, 9.17) is 5.11 Å². The zero-order valence-corrected chi connectivity index (χ0v) is 17.0. The molecule has 0 aromatic rings. The highest BCUT2D eigenvalue weighted by molar-refractivity contribution is 5.75. The van der Waals surface area contributed by atoms with E-state index in [0.29, 0.717) is 19.5 Å². The van der Waals surface area contributed by atoms with Crippen LogP contribution in [0.1, 0.15) is 96.8 Å². The summed E-state index contributed by atoms with van der Waals surface area (Å²) in [6, 6.07) is 0. The predicted octanol–water partition coefficient (Wildman–Crippen LogP) is 4.51. The number of likely N-dealkylation sites (N-methyl/N-ethyl adjacent to an activating group) is 1. The van der Waals surface area contributed by atoms with Gasteiger partial charge in [-0.15, -0.1) is 0 Å². The normalized spacial score (nSPS) is 11.2. The smallest absolute Gasteiger partial charge is 0.220 e. The van der Waals surface area contributed by atoms with Gasteiger partial charge in [0.15, 0.2) is 0 Å². The molecule has 0 unspecified atom stereocenters. The number of carbonyl (C=O) groups is 1. The Morgan fingerprint density at radius 1 is 0.800 bits per heavy atom. The molecular formula is C21H44N2O2. The Morgan fingerprint density at radius 3 is 1.76 bits per heavy atom. The molecule has 150 valence electrons. The molecule has 0 aromatic carbocycles. The lowest BCUT2D eigenvalue weighted by Crippen LogP contribution is -2.34. The van der Waals surface area contributed by atoms with Crippen molar-refractivity contribution in [1.29, 1.82) is 0 Å². The summed E-state index contributed by atoms with van der Waals surface area (Å²) in [6.45, 7) is 4.57. The molecule has 0 aliphatic carbocycles. The van der Waals surface area contributed by atoms with Crippen molar-refractivity contribution in [1.82, 2.24) is 10.2 Å². The van der Waals surface area contributed by atoms with Gasteiger partial charge in [0.2, 0.25) is 5.91 Å². The molecule has 0 fully saturated rings. The van der Waals surface area contributed by atoms with Gasteiger partial charge >= 0.3 is 0 Å². The minimum Gasteiger partial charge on any atom is -0.395 e. The quantitative estimate of drug-likeness (QED) is 0.335. The molecule has 4 nitrogen and oxygen atoms in total. The summed E-state index contributed by atoms with van der Waals surface area (Å²) in [5.74, 6) is 0.167. The number of carbonyl (C=O) groups excluding carboxylic acids is 1. The number of nitrogens with one attached hydrogen (secondary N) is 1. The zero-order valence-electron chi connectivity index (χ0n) is 17.0. The molecule has 0 heterocycles. The number of aliphatic hydroxyl groups is 1. The standard InChI is InChI=1S/C21H44N2O2/c1-3-4-5-6-7-8-9-10-11-12-13-14-15-16-21(25)22-17-18-23(2)19-20-24/h24H,3-20H2,1-2H3,(H,22,25). The second kappa shape index (κ2) is 19.7. The molecular weight excluding hydrogens is 312 g/mol. The summed E-state index contributed by atoms with van der Waals surface area (Å²) in [7, 11) is 1.95. The number of aliphatic hydroxyl groups excluding tert-OH is 1. The molecule has 0 bridgehead atoms. The number of hydrogen-bond donors (Lipinski definition) is 2. The monoisotopic (exact) mass is 356 g/mol. The van der Waals surface area contributed by atoms with Crippen LogP contribution in [0.4, 0.5) is 0 Å². The third kappa shape index (κ3) is 19.6. The first-order valence-corrected chi connectivity index (χ1v) is 10.8. The largest absolute Gasteiger partial charge is 0.395 e. The van der Waals surface area contributed by atoms with Gasteiger partial charge in [-0.25, -0.2) is 0 Å². The molecule has 0 aromatic heterocycles. The van der Waals surface area contributed by atoms with Gasteiger partial charge < -0.3 is 15.3 Å². The summed E-state index contributed by atoms with van der Waals surface area (Å²) in [4.78, 5) is 13.7. The van der Waals surface area contributed by atoms with E-state index in [1.165, 1.54) is 77.0 Å². The van der Waals surface area contributed by atoms with E-state index in [-0.39, 0.29) is 12.5 Å². The molecule has 4 heteroatoms. The topological polar surface area (TPSA) is 52.6 Å². The molecule has 0 rings (SSSR count). The predicted molar refractivity (Wildman–Crippen MR) is 108 cm³/mol. The van der Waals surface area contributed by atoms with E-state index < -0.39 is 0 Å². The molecule has 0 aliphatic heterocycles. The van der Waals surface area contributed by atoms with E-state index in [1.54, 1.807) is 0 Å². The van der Waals surface area contributed by atoms with Gasteiger partial charge in [-0.05, 0) is 13.5 Å². The van der Waals surface area contributed by atoms with Crippen LogP contribution >= 0.6 is 0 Å². The SMILES string of the molecule is CCCCCCCCCCCCCCCC(=O)NCCN(C)CCO. The number of amides is 1. The second-order valence-corrected chi connectivity index (χ2v) is 7.37. The van der Waals surface area contributed by atoms with E-state index in [2.05, 4.69) is 12.2 Å². The van der Waals surface area contributed by atoms with E-state index in [0.717, 1.165) is 13.0 Å². The molecule has 1 amide bonds. The first-order valence-electron chi connectivity index (χ1n) is 10.8. The first kappa shape index (κ1) is 24.4. The molecule has 0 aliphatic rings. The zero-order chi connectivity index (χ0) is 18.6. The summed E-state index contributed by atoms with van der Waals surface area (Å²) >= 11 is 0. The fourth-order valence-corrected chi connectivity index (χ4v) is 3.06. The summed E-state index contributed by atoms with van der Waals surface area (Å²) in [6.07, 6.45) is 18.0. The minimum atomic E-state index is 0.167. The van der Waals surface area contributed by atoms with Crippen LogP contribution in [0.3, 0.4) is 0 Å². The van der Waals surface area contributed by atoms with Crippen molar-refractivity contribution >= 4 is 5.91 Å². The summed E-state index contributed by atoms with van der Waals surface area (Å²) in [5, 5.41) is 11.8. The van der Waals surface area contributed by atoms with E-state index >= 15 is 0 Å². The number of rotatable bonds is 19. The highest BCUT2D eigenvalue weighted by atomic mass is 16.3. The molecule has 0 spiro atoms. The van der Waals surface area contributed by atoms with Gasteiger partial charge in [-0.1, -0.05) is 84.0 Å². The van der Waals surface area contributed by atoms with Crippen molar-refractivity contribution < 1.29 is 9.90 Å². The molecule has 0 atom stereocenters. The summed E-state index contributed by atoms with van der Waals surface area (Å²) in [5.41, 5.74) is 0. The average molecular weight is 357 g/mol. The van der Waals surface area contributed by atoms with Crippen molar-refractivity contribution in [2.24, 2.45) is 0 Å². The average Bonchev–Trinajstić information content (AvgIpc) is 2.59. The Morgan fingerprint density at radius 2 is 1.28 bits per heavy atom. The van der Waals surface area contributed by atoms with Gasteiger partial charge in [0.25, 0.3) is 0 Å². The van der Waals surface area contributed by atoms with Gasteiger partial charge in [0.05, 0.1) is 6.61 Å². The lowest BCUT2D eigenvalue weighted by molar-refractivity contribution is -0.121. The van der Waals surface area contributed by atoms with Gasteiger partial charge in [-0.3, -0.25) is 4.79 Å². The number of hydrogen-bond acceptors (Lipinski definition) is 3. The van der Waals surface area contributed by atoms with Crippen LogP contribution < -0.4 is 5.32 Å². The van der Waals surface area contributed by atoms with Crippen LogP contribution in [0.25, 0.3) is 0 Å². The Balaban J connectivity index is 3.18. The maximum atomic E-state index is 11.7. The molecule has 25 heavy (non-hydrogen) atoms. The van der Waals surface area contributed by atoms with Gasteiger partial charge in [-0.2, -0.15) is 0 Å². The summed E-state index contributed by atoms with van der Waals surface area (Å²) < 4.78 is 0. The van der Waals surface area contributed by atoms with Gasteiger partial charge in [0.1, 0.15) is 0 Å². The maximum absolute atomic E-state index is 11.7. The Bertz CT molecular complexity index is 285. The maximum Gasteiger partial charge on any atom is 0.220 e. The molecule has 0 saturated heterocycles. The molecule has 0 radical (unpaired) electrons. The van der Waals surface area contributed by atoms with Crippen molar-refractivity contribution in [2.75, 3.05) is 33.3 Å². The van der Waals surface area contributed by atoms with Crippen molar-refractivity contribution in [2.45, 2.75) is 96.8 Å². The van der Waals surface area contributed by atoms with Crippen LogP contribution in [0.2, 0.25) is 0 Å². The third-order valence-electron chi connectivity index (χ3n) is 4.80. The Hall–Kier alpha value is -0.610. The lowest BCUT2D eigenvalue weighted by atomic mass is 10.0. The van der Waals surface area contributed by atoms with Crippen LogP contribution in [0.15, 0.2) is 0 Å². The number of unbranched alkanes of at least 4 members (excludes halogenated alkanes) is 12. The fourth-order valence-electron chi connectivity index (χ4n) is 3.06. The van der Waals surface area contributed by atoms with Crippen LogP contribution in [0, 0.1) is 0 Å². The Labute approximate surface area is 156 Å². The highest BCUT2D eigenvalue weighted by Gasteiger charge is 2.02. The highest BCUT2D eigenvalue weighted by Crippen LogP contribution is 2.12. The fraction of sp³-hybridized carbons (Fsp3) is 0.952. The molecule has 2 N–H and O–H groups in total. The van der Waals surface area contributed by atoms with Crippen molar-refractivity contribution in [3.05, 3.63) is 0 Å². The van der Waals surface area contributed by atoms with Crippen molar-refractivity contribution in [3.63, 3.8) is 0 Å². The molecule has 0 saturated carbocycles. The van der Waals surface area contributed by atoms with Crippen LogP contribution in [0.5, 0.6) is 0 Å². The number of nitrogens with zero attached hydrogens (tertiary/aromatic N) is 1. The third-order valence-corrected chi connectivity index (χ3v) is 4.80. The van der Waals surface area contributed by atoms with Gasteiger partial charge in [0, 0.05) is 26.1 Å².